The van der Waals surface area contributed by atoms with Crippen LogP contribution < -0.4 is 0 Å². The number of unbranched alkanes of at least 4 members (excludes halogenated alkanes) is 23. The van der Waals surface area contributed by atoms with Crippen LogP contribution in [0.1, 0.15) is 181 Å². The lowest BCUT2D eigenvalue weighted by Crippen LogP contribution is -2.10. The van der Waals surface area contributed by atoms with Crippen LogP contribution in [0.3, 0.4) is 0 Å². The topological polar surface area (TPSA) is 35.5 Å². The second-order valence-corrected chi connectivity index (χ2v) is 10.7. The Morgan fingerprint density at radius 2 is 0.743 bits per heavy atom. The van der Waals surface area contributed by atoms with E-state index in [4.69, 9.17) is 9.47 Å². The van der Waals surface area contributed by atoms with Crippen LogP contribution in [0.15, 0.2) is 0 Å². The van der Waals surface area contributed by atoms with E-state index in [1.165, 1.54) is 141 Å². The average Bonchev–Trinajstić information content (AvgIpc) is 2.86. The third kappa shape index (κ3) is 31.4. The van der Waals surface area contributed by atoms with Gasteiger partial charge in [-0.2, -0.15) is 0 Å². The molecule has 35 heavy (non-hydrogen) atoms. The maximum Gasteiger partial charge on any atom is 0.305 e. The standard InChI is InChI=1S/C32H64O3/c1-3-5-7-9-11-13-15-16-17-18-19-20-22-24-26-28-32(33)35-31-30-34-29-27-25-23-21-14-12-10-8-6-4-2/h3-31H2,1-2H3. The van der Waals surface area contributed by atoms with Gasteiger partial charge in [0.05, 0.1) is 6.61 Å². The Morgan fingerprint density at radius 1 is 0.400 bits per heavy atom. The van der Waals surface area contributed by atoms with Crippen LogP contribution >= 0.6 is 0 Å². The fourth-order valence-electron chi connectivity index (χ4n) is 4.72. The van der Waals surface area contributed by atoms with Crippen molar-refractivity contribution in [1.82, 2.24) is 0 Å². The average molecular weight is 497 g/mol. The van der Waals surface area contributed by atoms with Crippen LogP contribution in [0.2, 0.25) is 0 Å². The first-order valence-electron chi connectivity index (χ1n) is 16.0. The number of hydrogen-bond donors (Lipinski definition) is 0. The van der Waals surface area contributed by atoms with Gasteiger partial charge >= 0.3 is 5.97 Å². The number of rotatable bonds is 30. The van der Waals surface area contributed by atoms with E-state index >= 15 is 0 Å². The zero-order valence-corrected chi connectivity index (χ0v) is 24.2. The molecule has 0 bridgehead atoms. The van der Waals surface area contributed by atoms with Gasteiger partial charge in [0.1, 0.15) is 6.61 Å². The first-order valence-corrected chi connectivity index (χ1v) is 16.0. The zero-order valence-electron chi connectivity index (χ0n) is 24.2. The molecule has 0 N–H and O–H groups in total. The Morgan fingerprint density at radius 3 is 1.14 bits per heavy atom. The fraction of sp³-hybridized carbons (Fsp3) is 0.969. The van der Waals surface area contributed by atoms with Crippen LogP contribution in [-0.4, -0.2) is 25.8 Å². The molecule has 0 heterocycles. The number of carbonyl (C=O) groups is 1. The molecule has 0 aromatic carbocycles. The van der Waals surface area contributed by atoms with Crippen molar-refractivity contribution in [1.29, 1.82) is 0 Å². The van der Waals surface area contributed by atoms with Gasteiger partial charge in [-0.1, -0.05) is 162 Å². The van der Waals surface area contributed by atoms with Crippen LogP contribution in [0.25, 0.3) is 0 Å². The Labute approximate surface area is 220 Å². The number of carbonyl (C=O) groups excluding carboxylic acids is 1. The van der Waals surface area contributed by atoms with Crippen molar-refractivity contribution < 1.29 is 14.3 Å². The molecule has 3 heteroatoms. The van der Waals surface area contributed by atoms with Crippen molar-refractivity contribution in [2.45, 2.75) is 181 Å². The Balaban J connectivity index is 3.14. The summed E-state index contributed by atoms with van der Waals surface area (Å²) < 4.78 is 10.9. The van der Waals surface area contributed by atoms with E-state index in [1.807, 2.05) is 0 Å². The number of hydrogen-bond acceptors (Lipinski definition) is 3. The molecule has 0 aromatic rings. The van der Waals surface area contributed by atoms with Gasteiger partial charge < -0.3 is 9.47 Å². The summed E-state index contributed by atoms with van der Waals surface area (Å²) in [4.78, 5) is 11.8. The van der Waals surface area contributed by atoms with Gasteiger partial charge in [0.15, 0.2) is 0 Å². The molecule has 0 fully saturated rings. The molecule has 0 radical (unpaired) electrons. The lowest BCUT2D eigenvalue weighted by atomic mass is 10.0. The molecule has 0 amide bonds. The van der Waals surface area contributed by atoms with Crippen molar-refractivity contribution >= 4 is 5.97 Å². The van der Waals surface area contributed by atoms with Crippen LogP contribution in [0.5, 0.6) is 0 Å². The molecule has 0 aromatic heterocycles. The molecule has 0 aliphatic heterocycles. The number of esters is 1. The highest BCUT2D eigenvalue weighted by molar-refractivity contribution is 5.69. The van der Waals surface area contributed by atoms with E-state index in [0.29, 0.717) is 19.6 Å². The molecule has 0 atom stereocenters. The van der Waals surface area contributed by atoms with Crippen molar-refractivity contribution in [3.8, 4) is 0 Å². The summed E-state index contributed by atoms with van der Waals surface area (Å²) in [5.74, 6) is -0.0535. The minimum Gasteiger partial charge on any atom is -0.463 e. The maximum atomic E-state index is 11.8. The van der Waals surface area contributed by atoms with E-state index in [2.05, 4.69) is 13.8 Å². The third-order valence-corrected chi connectivity index (χ3v) is 7.12. The first kappa shape index (κ1) is 34.4. The SMILES string of the molecule is CCCCCCCCCCCCCCCCCC(=O)OCCOCCCCCCCCCCCC. The summed E-state index contributed by atoms with van der Waals surface area (Å²) in [5, 5.41) is 0. The monoisotopic (exact) mass is 496 g/mol. The molecule has 3 nitrogen and oxygen atoms in total. The van der Waals surface area contributed by atoms with Crippen LogP contribution in [0.4, 0.5) is 0 Å². The molecule has 0 aliphatic rings. The van der Waals surface area contributed by atoms with Crippen molar-refractivity contribution in [3.63, 3.8) is 0 Å². The largest absolute Gasteiger partial charge is 0.463 e. The lowest BCUT2D eigenvalue weighted by molar-refractivity contribution is -0.145. The minimum atomic E-state index is -0.0535. The van der Waals surface area contributed by atoms with Gasteiger partial charge in [-0.3, -0.25) is 4.79 Å². The predicted molar refractivity (Wildman–Crippen MR) is 153 cm³/mol. The molecule has 0 saturated heterocycles. The summed E-state index contributed by atoms with van der Waals surface area (Å²) in [6, 6.07) is 0. The minimum absolute atomic E-state index is 0.0535. The van der Waals surface area contributed by atoms with E-state index in [0.717, 1.165) is 25.9 Å². The highest BCUT2D eigenvalue weighted by Crippen LogP contribution is 2.14. The van der Waals surface area contributed by atoms with Gasteiger partial charge in [0.25, 0.3) is 0 Å². The molecule has 210 valence electrons. The predicted octanol–water partition coefficient (Wildman–Crippen LogP) is 10.7. The van der Waals surface area contributed by atoms with Crippen molar-refractivity contribution in [3.05, 3.63) is 0 Å². The molecule has 0 rings (SSSR count). The molecular weight excluding hydrogens is 432 g/mol. The lowest BCUT2D eigenvalue weighted by Gasteiger charge is -2.07. The highest BCUT2D eigenvalue weighted by Gasteiger charge is 2.02. The smallest absolute Gasteiger partial charge is 0.305 e. The zero-order chi connectivity index (χ0) is 25.5. The van der Waals surface area contributed by atoms with Gasteiger partial charge in [-0.15, -0.1) is 0 Å². The fourth-order valence-corrected chi connectivity index (χ4v) is 4.72. The summed E-state index contributed by atoms with van der Waals surface area (Å²) >= 11 is 0. The molecule has 0 aliphatic carbocycles. The van der Waals surface area contributed by atoms with Crippen LogP contribution in [-0.2, 0) is 14.3 Å². The molecule has 0 spiro atoms. The van der Waals surface area contributed by atoms with Gasteiger partial charge in [-0.05, 0) is 12.8 Å². The van der Waals surface area contributed by atoms with Gasteiger partial charge in [-0.25, -0.2) is 0 Å². The highest BCUT2D eigenvalue weighted by atomic mass is 16.6. The van der Waals surface area contributed by atoms with E-state index in [1.54, 1.807) is 0 Å². The second kappa shape index (κ2) is 31.5. The second-order valence-electron chi connectivity index (χ2n) is 10.7. The molecular formula is C32H64O3. The Kier molecular flexibility index (Phi) is 30.9. The maximum absolute atomic E-state index is 11.8. The molecule has 0 saturated carbocycles. The van der Waals surface area contributed by atoms with E-state index in [9.17, 15) is 4.79 Å². The quantitative estimate of drug-likeness (QED) is 0.0732. The normalized spacial score (nSPS) is 11.3. The summed E-state index contributed by atoms with van der Waals surface area (Å²) in [5.41, 5.74) is 0. The van der Waals surface area contributed by atoms with Crippen molar-refractivity contribution in [2.24, 2.45) is 0 Å². The Hall–Kier alpha value is -0.570. The van der Waals surface area contributed by atoms with Crippen LogP contribution in [0, 0.1) is 0 Å². The van der Waals surface area contributed by atoms with Gasteiger partial charge in [0, 0.05) is 13.0 Å². The van der Waals surface area contributed by atoms with Gasteiger partial charge in [0.2, 0.25) is 0 Å². The Bertz CT molecular complexity index is 396. The molecule has 0 unspecified atom stereocenters. The summed E-state index contributed by atoms with van der Waals surface area (Å²) in [7, 11) is 0. The number of ether oxygens (including phenoxy) is 2. The van der Waals surface area contributed by atoms with E-state index < -0.39 is 0 Å². The third-order valence-electron chi connectivity index (χ3n) is 7.12. The van der Waals surface area contributed by atoms with Crippen molar-refractivity contribution in [2.75, 3.05) is 19.8 Å². The summed E-state index contributed by atoms with van der Waals surface area (Å²) in [6.45, 7) is 6.31. The first-order chi connectivity index (χ1) is 17.3. The summed E-state index contributed by atoms with van der Waals surface area (Å²) in [6.07, 6.45) is 34.2. The van der Waals surface area contributed by atoms with E-state index in [-0.39, 0.29) is 5.97 Å².